The van der Waals surface area contributed by atoms with Crippen molar-refractivity contribution in [3.8, 4) is 0 Å². The van der Waals surface area contributed by atoms with Crippen molar-refractivity contribution in [1.29, 1.82) is 0 Å². The van der Waals surface area contributed by atoms with Crippen LogP contribution in [0, 0.1) is 5.82 Å². The molecule has 1 aromatic carbocycles. The van der Waals surface area contributed by atoms with Crippen molar-refractivity contribution in [3.63, 3.8) is 0 Å². The molecule has 0 aliphatic heterocycles. The summed E-state index contributed by atoms with van der Waals surface area (Å²) in [6.45, 7) is 0. The molecule has 0 aliphatic carbocycles. The second-order valence-corrected chi connectivity index (χ2v) is 3.22. The Morgan fingerprint density at radius 2 is 2.31 bits per heavy atom. The molecule has 1 aromatic rings. The molecule has 0 radical (unpaired) electrons. The van der Waals surface area contributed by atoms with Gasteiger partial charge in [0.2, 0.25) is 5.91 Å². The Morgan fingerprint density at radius 1 is 1.62 bits per heavy atom. The Balaban J connectivity index is 2.89. The number of anilines is 1. The molecule has 0 saturated carbocycles. The number of amides is 1. The molecule has 0 unspecified atom stereocenters. The molecule has 2 nitrogen and oxygen atoms in total. The number of benzene rings is 1. The number of carbonyl (C=O) groups excluding carboxylic acids is 1. The lowest BCUT2D eigenvalue weighted by Crippen LogP contribution is -2.12. The van der Waals surface area contributed by atoms with Gasteiger partial charge in [0.25, 0.3) is 0 Å². The largest absolute Gasteiger partial charge is 0.324 e. The van der Waals surface area contributed by atoms with Crippen molar-refractivity contribution in [1.82, 2.24) is 0 Å². The third-order valence-electron chi connectivity index (χ3n) is 1.35. The zero-order valence-electron chi connectivity index (χ0n) is 6.48. The summed E-state index contributed by atoms with van der Waals surface area (Å²) in [6, 6.07) is 4.24. The van der Waals surface area contributed by atoms with Crippen LogP contribution in [-0.4, -0.2) is 11.2 Å². The van der Waals surface area contributed by atoms with Crippen LogP contribution in [0.25, 0.3) is 0 Å². The molecule has 70 valence electrons. The van der Waals surface area contributed by atoms with Crippen molar-refractivity contribution in [3.05, 3.63) is 29.0 Å². The van der Waals surface area contributed by atoms with Gasteiger partial charge >= 0.3 is 0 Å². The molecule has 0 aliphatic rings. The number of alkyl halides is 1. The number of rotatable bonds is 2. The molecule has 0 saturated heterocycles. The molecule has 0 heterocycles. The van der Waals surface area contributed by atoms with E-state index in [1.165, 1.54) is 18.2 Å². The minimum Gasteiger partial charge on any atom is -0.324 e. The van der Waals surface area contributed by atoms with Gasteiger partial charge in [0.1, 0.15) is 5.82 Å². The first-order valence-electron chi connectivity index (χ1n) is 3.45. The van der Waals surface area contributed by atoms with E-state index < -0.39 is 5.82 Å². The van der Waals surface area contributed by atoms with Gasteiger partial charge in [-0.2, -0.15) is 0 Å². The fourth-order valence-electron chi connectivity index (χ4n) is 0.784. The number of nitrogens with one attached hydrogen (secondary N) is 1. The van der Waals surface area contributed by atoms with Crippen LogP contribution in [-0.2, 0) is 4.79 Å². The molecule has 13 heavy (non-hydrogen) atoms. The maximum atomic E-state index is 12.8. The van der Waals surface area contributed by atoms with Crippen LogP contribution in [0.4, 0.5) is 10.1 Å². The van der Waals surface area contributed by atoms with Gasteiger partial charge in [-0.1, -0.05) is 33.6 Å². The Morgan fingerprint density at radius 3 is 2.92 bits per heavy atom. The third-order valence-corrected chi connectivity index (χ3v) is 2.24. The first-order chi connectivity index (χ1) is 6.15. The van der Waals surface area contributed by atoms with Crippen LogP contribution >= 0.6 is 27.5 Å². The highest BCUT2D eigenvalue weighted by atomic mass is 79.9. The van der Waals surface area contributed by atoms with Gasteiger partial charge in [-0.15, -0.1) is 0 Å². The number of carbonyl (C=O) groups is 1. The van der Waals surface area contributed by atoms with Crippen molar-refractivity contribution < 1.29 is 9.18 Å². The highest BCUT2D eigenvalue weighted by Gasteiger charge is 2.07. The third kappa shape index (κ3) is 2.67. The standard InChI is InChI=1S/C8H6BrClFNO/c9-4-7(13)12-6-3-1-2-5(11)8(6)10/h1-3H,4H2,(H,12,13). The van der Waals surface area contributed by atoms with E-state index in [-0.39, 0.29) is 21.9 Å². The average molecular weight is 266 g/mol. The molecule has 1 rings (SSSR count). The van der Waals surface area contributed by atoms with E-state index in [4.69, 9.17) is 11.6 Å². The van der Waals surface area contributed by atoms with E-state index in [2.05, 4.69) is 21.2 Å². The molecule has 0 bridgehead atoms. The number of hydrogen-bond donors (Lipinski definition) is 1. The molecular formula is C8H6BrClFNO. The maximum absolute atomic E-state index is 12.8. The predicted molar refractivity (Wildman–Crippen MR) is 53.8 cm³/mol. The van der Waals surface area contributed by atoms with E-state index in [0.717, 1.165) is 0 Å². The summed E-state index contributed by atoms with van der Waals surface area (Å²) in [6.07, 6.45) is 0. The maximum Gasteiger partial charge on any atom is 0.235 e. The zero-order chi connectivity index (χ0) is 9.84. The van der Waals surface area contributed by atoms with Gasteiger partial charge < -0.3 is 5.32 Å². The van der Waals surface area contributed by atoms with Crippen LogP contribution in [0.15, 0.2) is 18.2 Å². The molecule has 5 heteroatoms. The van der Waals surface area contributed by atoms with Crippen molar-refractivity contribution in [2.45, 2.75) is 0 Å². The minimum absolute atomic E-state index is 0.0724. The average Bonchev–Trinajstić information content (AvgIpc) is 2.13. The van der Waals surface area contributed by atoms with Crippen LogP contribution in [0.3, 0.4) is 0 Å². The van der Waals surface area contributed by atoms with E-state index in [0.29, 0.717) is 0 Å². The topological polar surface area (TPSA) is 29.1 Å². The highest BCUT2D eigenvalue weighted by molar-refractivity contribution is 9.09. The first-order valence-corrected chi connectivity index (χ1v) is 4.95. The summed E-state index contributed by atoms with van der Waals surface area (Å²) < 4.78 is 12.8. The second kappa shape index (κ2) is 4.58. The van der Waals surface area contributed by atoms with Crippen LogP contribution in [0.1, 0.15) is 0 Å². The predicted octanol–water partition coefficient (Wildman–Crippen LogP) is 2.81. The Kier molecular flexibility index (Phi) is 3.69. The van der Waals surface area contributed by atoms with Crippen LogP contribution in [0.5, 0.6) is 0 Å². The van der Waals surface area contributed by atoms with Crippen molar-refractivity contribution >= 4 is 39.1 Å². The molecule has 0 atom stereocenters. The van der Waals surface area contributed by atoms with Crippen LogP contribution in [0.2, 0.25) is 5.02 Å². The van der Waals surface area contributed by atoms with Crippen molar-refractivity contribution in [2.24, 2.45) is 0 Å². The van der Waals surface area contributed by atoms with Gasteiger partial charge in [-0.05, 0) is 12.1 Å². The fraction of sp³-hybridized carbons (Fsp3) is 0.125. The lowest BCUT2D eigenvalue weighted by atomic mass is 10.3. The lowest BCUT2D eigenvalue weighted by molar-refractivity contribution is -0.113. The minimum atomic E-state index is -0.547. The van der Waals surface area contributed by atoms with Gasteiger partial charge in [-0.25, -0.2) is 4.39 Å². The first kappa shape index (κ1) is 10.5. The quantitative estimate of drug-likeness (QED) is 0.820. The van der Waals surface area contributed by atoms with Gasteiger partial charge in [0.15, 0.2) is 0 Å². The summed E-state index contributed by atoms with van der Waals surface area (Å²) >= 11 is 8.56. The van der Waals surface area contributed by atoms with Gasteiger partial charge in [-0.3, -0.25) is 4.79 Å². The normalized spacial score (nSPS) is 9.77. The SMILES string of the molecule is O=C(CBr)Nc1cccc(F)c1Cl. The van der Waals surface area contributed by atoms with Gasteiger partial charge in [0.05, 0.1) is 16.0 Å². The molecule has 1 N–H and O–H groups in total. The Bertz CT molecular complexity index is 332. The Labute approximate surface area is 88.2 Å². The molecule has 0 spiro atoms. The fourth-order valence-corrected chi connectivity index (χ4v) is 1.10. The molecular weight excluding hydrogens is 260 g/mol. The molecule has 1 amide bonds. The molecule has 0 aromatic heterocycles. The summed E-state index contributed by atoms with van der Waals surface area (Å²) in [5.74, 6) is -0.818. The van der Waals surface area contributed by atoms with Gasteiger partial charge in [0, 0.05) is 0 Å². The van der Waals surface area contributed by atoms with E-state index in [1.807, 2.05) is 0 Å². The summed E-state index contributed by atoms with van der Waals surface area (Å²) in [4.78, 5) is 10.9. The Hall–Kier alpha value is -0.610. The van der Waals surface area contributed by atoms with Crippen LogP contribution < -0.4 is 5.32 Å². The smallest absolute Gasteiger partial charge is 0.235 e. The van der Waals surface area contributed by atoms with E-state index >= 15 is 0 Å². The second-order valence-electron chi connectivity index (χ2n) is 2.28. The summed E-state index contributed by atoms with van der Waals surface area (Å²) in [7, 11) is 0. The van der Waals surface area contributed by atoms with E-state index in [1.54, 1.807) is 0 Å². The number of halogens is 3. The van der Waals surface area contributed by atoms with E-state index in [9.17, 15) is 9.18 Å². The molecule has 0 fully saturated rings. The van der Waals surface area contributed by atoms with Crippen molar-refractivity contribution in [2.75, 3.05) is 10.6 Å². The lowest BCUT2D eigenvalue weighted by Gasteiger charge is -2.05. The summed E-state index contributed by atoms with van der Waals surface area (Å²) in [5, 5.41) is 2.52. The zero-order valence-corrected chi connectivity index (χ0v) is 8.82. The number of hydrogen-bond acceptors (Lipinski definition) is 1. The monoisotopic (exact) mass is 265 g/mol. The summed E-state index contributed by atoms with van der Waals surface area (Å²) in [5.41, 5.74) is 0.283. The highest BCUT2D eigenvalue weighted by Crippen LogP contribution is 2.24.